The van der Waals surface area contributed by atoms with Gasteiger partial charge in [0.2, 0.25) is 0 Å². The molecule has 0 aliphatic carbocycles. The van der Waals surface area contributed by atoms with Crippen LogP contribution in [0.25, 0.3) is 11.2 Å². The zero-order valence-corrected chi connectivity index (χ0v) is 11.6. The monoisotopic (exact) mass is 259 g/mol. The van der Waals surface area contributed by atoms with Crippen molar-refractivity contribution >= 4 is 11.2 Å². The first-order valence-corrected chi connectivity index (χ1v) is 6.92. The fraction of sp³-hybridized carbons (Fsp3) is 0.571. The molecule has 102 valence electrons. The van der Waals surface area contributed by atoms with Gasteiger partial charge in [0.05, 0.1) is 0 Å². The molecular weight excluding hydrogens is 238 g/mol. The van der Waals surface area contributed by atoms with Crippen molar-refractivity contribution in [2.75, 3.05) is 33.7 Å². The SMILES string of the molecule is CN(C)CCn1c(C2CCNC2)nc2cccnc21. The van der Waals surface area contributed by atoms with Gasteiger partial charge in [-0.15, -0.1) is 0 Å². The summed E-state index contributed by atoms with van der Waals surface area (Å²) in [6.45, 7) is 4.09. The third kappa shape index (κ3) is 2.48. The van der Waals surface area contributed by atoms with Crippen molar-refractivity contribution < 1.29 is 0 Å². The number of aromatic nitrogens is 3. The van der Waals surface area contributed by atoms with Gasteiger partial charge in [-0.2, -0.15) is 0 Å². The first-order chi connectivity index (χ1) is 9.25. The molecule has 1 aliphatic heterocycles. The van der Waals surface area contributed by atoms with Gasteiger partial charge < -0.3 is 14.8 Å². The van der Waals surface area contributed by atoms with E-state index in [1.54, 1.807) is 0 Å². The normalized spacial score (nSPS) is 19.6. The Hall–Kier alpha value is -1.46. The van der Waals surface area contributed by atoms with Crippen LogP contribution in [0.3, 0.4) is 0 Å². The molecule has 0 aromatic carbocycles. The van der Waals surface area contributed by atoms with Crippen molar-refractivity contribution in [1.82, 2.24) is 24.8 Å². The molecule has 1 N–H and O–H groups in total. The first kappa shape index (κ1) is 12.6. The molecule has 19 heavy (non-hydrogen) atoms. The molecule has 0 radical (unpaired) electrons. The van der Waals surface area contributed by atoms with Crippen LogP contribution in [-0.2, 0) is 6.54 Å². The van der Waals surface area contributed by atoms with E-state index in [0.29, 0.717) is 5.92 Å². The average Bonchev–Trinajstić information content (AvgIpc) is 3.03. The highest BCUT2D eigenvalue weighted by Gasteiger charge is 2.23. The van der Waals surface area contributed by atoms with Crippen LogP contribution < -0.4 is 5.32 Å². The molecule has 3 heterocycles. The highest BCUT2D eigenvalue weighted by Crippen LogP contribution is 2.25. The summed E-state index contributed by atoms with van der Waals surface area (Å²) in [5.41, 5.74) is 2.04. The molecule has 2 aromatic rings. The molecular formula is C14H21N5. The van der Waals surface area contributed by atoms with E-state index in [9.17, 15) is 0 Å². The summed E-state index contributed by atoms with van der Waals surface area (Å²) in [4.78, 5) is 11.5. The Bertz CT molecular complexity index is 554. The van der Waals surface area contributed by atoms with E-state index in [0.717, 1.165) is 37.3 Å². The second-order valence-electron chi connectivity index (χ2n) is 5.46. The van der Waals surface area contributed by atoms with Gasteiger partial charge in [0.15, 0.2) is 5.65 Å². The number of nitrogens with one attached hydrogen (secondary N) is 1. The number of rotatable bonds is 4. The van der Waals surface area contributed by atoms with Gasteiger partial charge in [-0.1, -0.05) is 0 Å². The van der Waals surface area contributed by atoms with Crippen molar-refractivity contribution in [2.24, 2.45) is 0 Å². The third-order valence-electron chi connectivity index (χ3n) is 3.73. The molecule has 5 heteroatoms. The molecule has 3 rings (SSSR count). The third-order valence-corrected chi connectivity index (χ3v) is 3.73. The zero-order valence-electron chi connectivity index (χ0n) is 11.6. The molecule has 1 atom stereocenters. The fourth-order valence-electron chi connectivity index (χ4n) is 2.68. The lowest BCUT2D eigenvalue weighted by Crippen LogP contribution is -2.21. The number of nitrogens with zero attached hydrogens (tertiary/aromatic N) is 4. The second-order valence-corrected chi connectivity index (χ2v) is 5.46. The molecule has 1 unspecified atom stereocenters. The van der Waals surface area contributed by atoms with Gasteiger partial charge in [-0.3, -0.25) is 0 Å². The van der Waals surface area contributed by atoms with Crippen LogP contribution in [-0.4, -0.2) is 53.2 Å². The molecule has 1 aliphatic rings. The van der Waals surface area contributed by atoms with Crippen LogP contribution in [0.4, 0.5) is 0 Å². The summed E-state index contributed by atoms with van der Waals surface area (Å²) in [5, 5.41) is 3.42. The predicted octanol–water partition coefficient (Wildman–Crippen LogP) is 1.07. The molecule has 2 aromatic heterocycles. The highest BCUT2D eigenvalue weighted by molar-refractivity contribution is 5.71. The number of likely N-dealkylation sites (N-methyl/N-ethyl adjacent to an activating group) is 1. The lowest BCUT2D eigenvalue weighted by molar-refractivity contribution is 0.380. The van der Waals surface area contributed by atoms with Crippen LogP contribution in [0.2, 0.25) is 0 Å². The Morgan fingerprint density at radius 2 is 2.37 bits per heavy atom. The van der Waals surface area contributed by atoms with Crippen molar-refractivity contribution in [3.05, 3.63) is 24.2 Å². The summed E-state index contributed by atoms with van der Waals surface area (Å²) < 4.78 is 2.30. The van der Waals surface area contributed by atoms with Crippen LogP contribution in [0.1, 0.15) is 18.2 Å². The van der Waals surface area contributed by atoms with E-state index < -0.39 is 0 Å². The number of hydrogen-bond acceptors (Lipinski definition) is 4. The molecule has 0 saturated carbocycles. The number of fused-ring (bicyclic) bond motifs is 1. The standard InChI is InChI=1S/C14H21N5/c1-18(2)8-9-19-13(11-5-7-15-10-11)17-12-4-3-6-16-14(12)19/h3-4,6,11,15H,5,7-10H2,1-2H3. The summed E-state index contributed by atoms with van der Waals surface area (Å²) in [6, 6.07) is 4.02. The fourth-order valence-corrected chi connectivity index (χ4v) is 2.68. The Balaban J connectivity index is 2.00. The summed E-state index contributed by atoms with van der Waals surface area (Å²) >= 11 is 0. The van der Waals surface area contributed by atoms with Crippen molar-refractivity contribution in [1.29, 1.82) is 0 Å². The van der Waals surface area contributed by atoms with E-state index in [2.05, 4.69) is 39.9 Å². The zero-order chi connectivity index (χ0) is 13.2. The van der Waals surface area contributed by atoms with Gasteiger partial charge in [0.1, 0.15) is 11.3 Å². The largest absolute Gasteiger partial charge is 0.316 e. The Labute approximate surface area is 113 Å². The topological polar surface area (TPSA) is 46.0 Å². The number of pyridine rings is 1. The molecule has 1 saturated heterocycles. The van der Waals surface area contributed by atoms with Gasteiger partial charge in [-0.25, -0.2) is 9.97 Å². The van der Waals surface area contributed by atoms with E-state index in [4.69, 9.17) is 4.98 Å². The van der Waals surface area contributed by atoms with Gasteiger partial charge >= 0.3 is 0 Å². The van der Waals surface area contributed by atoms with E-state index in [1.807, 2.05) is 12.3 Å². The van der Waals surface area contributed by atoms with Crippen LogP contribution in [0.5, 0.6) is 0 Å². The van der Waals surface area contributed by atoms with Crippen LogP contribution >= 0.6 is 0 Å². The minimum absolute atomic E-state index is 0.524. The molecule has 5 nitrogen and oxygen atoms in total. The van der Waals surface area contributed by atoms with Crippen molar-refractivity contribution in [2.45, 2.75) is 18.9 Å². The van der Waals surface area contributed by atoms with Crippen molar-refractivity contribution in [3.8, 4) is 0 Å². The van der Waals surface area contributed by atoms with E-state index in [-0.39, 0.29) is 0 Å². The van der Waals surface area contributed by atoms with Gasteiger partial charge in [0.25, 0.3) is 0 Å². The van der Waals surface area contributed by atoms with Crippen LogP contribution in [0, 0.1) is 0 Å². The smallest absolute Gasteiger partial charge is 0.160 e. The minimum atomic E-state index is 0.524. The second kappa shape index (κ2) is 5.27. The quantitative estimate of drug-likeness (QED) is 0.892. The Morgan fingerprint density at radius 1 is 1.47 bits per heavy atom. The van der Waals surface area contributed by atoms with Crippen molar-refractivity contribution in [3.63, 3.8) is 0 Å². The number of hydrogen-bond donors (Lipinski definition) is 1. The average molecular weight is 259 g/mol. The molecule has 1 fully saturated rings. The molecule has 0 spiro atoms. The predicted molar refractivity (Wildman–Crippen MR) is 76.3 cm³/mol. The van der Waals surface area contributed by atoms with E-state index in [1.165, 1.54) is 12.2 Å². The highest BCUT2D eigenvalue weighted by atomic mass is 15.2. The lowest BCUT2D eigenvalue weighted by atomic mass is 10.1. The maximum atomic E-state index is 4.81. The van der Waals surface area contributed by atoms with Crippen LogP contribution in [0.15, 0.2) is 18.3 Å². The minimum Gasteiger partial charge on any atom is -0.316 e. The van der Waals surface area contributed by atoms with Gasteiger partial charge in [0, 0.05) is 31.7 Å². The lowest BCUT2D eigenvalue weighted by Gasteiger charge is -2.15. The van der Waals surface area contributed by atoms with E-state index >= 15 is 0 Å². The van der Waals surface area contributed by atoms with Gasteiger partial charge in [-0.05, 0) is 39.2 Å². The Morgan fingerprint density at radius 3 is 3.11 bits per heavy atom. The summed E-state index contributed by atoms with van der Waals surface area (Å²) in [7, 11) is 4.20. The number of imidazole rings is 1. The summed E-state index contributed by atoms with van der Waals surface area (Å²) in [5.74, 6) is 1.72. The molecule has 0 bridgehead atoms. The Kier molecular flexibility index (Phi) is 3.48. The summed E-state index contributed by atoms with van der Waals surface area (Å²) in [6.07, 6.45) is 3.03. The maximum absolute atomic E-state index is 4.81. The molecule has 0 amide bonds. The maximum Gasteiger partial charge on any atom is 0.160 e. The first-order valence-electron chi connectivity index (χ1n) is 6.92.